The highest BCUT2D eigenvalue weighted by molar-refractivity contribution is 9.10. The second-order valence-corrected chi connectivity index (χ2v) is 8.68. The van der Waals surface area contributed by atoms with Gasteiger partial charge in [-0.25, -0.2) is 9.18 Å². The highest BCUT2D eigenvalue weighted by Crippen LogP contribution is 2.35. The van der Waals surface area contributed by atoms with Gasteiger partial charge in [-0.1, -0.05) is 28.1 Å². The van der Waals surface area contributed by atoms with Crippen molar-refractivity contribution in [2.24, 2.45) is 0 Å². The van der Waals surface area contributed by atoms with Crippen LogP contribution in [0.25, 0.3) is 0 Å². The maximum atomic E-state index is 14.0. The van der Waals surface area contributed by atoms with Gasteiger partial charge in [-0.3, -0.25) is 25.1 Å². The number of hydrogen-bond acceptors (Lipinski definition) is 6. The number of aliphatic hydroxyl groups is 1. The number of anilines is 1. The van der Waals surface area contributed by atoms with Crippen LogP contribution >= 0.6 is 15.9 Å². The number of amides is 3. The number of nitrogens with one attached hydrogen (secondary N) is 2. The van der Waals surface area contributed by atoms with Crippen molar-refractivity contribution in [2.75, 3.05) is 5.32 Å². The van der Waals surface area contributed by atoms with E-state index < -0.39 is 30.1 Å². The van der Waals surface area contributed by atoms with Crippen molar-refractivity contribution in [1.29, 1.82) is 0 Å². The molecule has 4 rings (SSSR count). The van der Waals surface area contributed by atoms with E-state index in [1.807, 2.05) is 0 Å². The Hall–Kier alpha value is -2.82. The summed E-state index contributed by atoms with van der Waals surface area (Å²) < 4.78 is 19.9. The molecule has 0 saturated carbocycles. The van der Waals surface area contributed by atoms with Gasteiger partial charge in [0.2, 0.25) is 11.8 Å². The van der Waals surface area contributed by atoms with Crippen molar-refractivity contribution in [1.82, 2.24) is 10.2 Å². The zero-order valence-electron chi connectivity index (χ0n) is 17.2. The molecule has 0 bridgehead atoms. The van der Waals surface area contributed by atoms with Crippen LogP contribution in [0.2, 0.25) is 0 Å². The predicted molar refractivity (Wildman–Crippen MR) is 116 cm³/mol. The second-order valence-electron chi connectivity index (χ2n) is 7.83. The molecule has 2 aliphatic rings. The van der Waals surface area contributed by atoms with Crippen LogP contribution in [-0.4, -0.2) is 34.0 Å². The van der Waals surface area contributed by atoms with Crippen molar-refractivity contribution in [3.8, 4) is 0 Å². The lowest BCUT2D eigenvalue weighted by atomic mass is 10.0. The first-order valence-electron chi connectivity index (χ1n) is 10.0. The summed E-state index contributed by atoms with van der Waals surface area (Å²) >= 11 is 3.29. The largest absolute Gasteiger partial charge is 0.444 e. The maximum Gasteiger partial charge on any atom is 0.412 e. The number of hydrogen-bond donors (Lipinski definition) is 3. The number of piperidine rings is 1. The van der Waals surface area contributed by atoms with Crippen LogP contribution in [0, 0.1) is 12.7 Å². The number of halogens is 2. The normalized spacial score (nSPS) is 20.6. The Morgan fingerprint density at radius 2 is 2.12 bits per heavy atom. The Morgan fingerprint density at radius 1 is 1.34 bits per heavy atom. The molecule has 32 heavy (non-hydrogen) atoms. The molecule has 2 heterocycles. The Labute approximate surface area is 191 Å². The number of carbonyl (C=O) groups is 3. The molecule has 10 heteroatoms. The molecule has 0 spiro atoms. The van der Waals surface area contributed by atoms with Crippen LogP contribution in [0.5, 0.6) is 0 Å². The van der Waals surface area contributed by atoms with E-state index in [1.54, 1.807) is 30.0 Å². The average molecular weight is 506 g/mol. The summed E-state index contributed by atoms with van der Waals surface area (Å²) in [7, 11) is 0. The van der Waals surface area contributed by atoms with Gasteiger partial charge < -0.3 is 9.84 Å². The highest BCUT2D eigenvalue weighted by atomic mass is 79.9. The lowest BCUT2D eigenvalue weighted by Crippen LogP contribution is -2.51. The van der Waals surface area contributed by atoms with E-state index in [4.69, 9.17) is 4.74 Å². The number of ether oxygens (including phenoxy) is 1. The molecule has 2 atom stereocenters. The molecule has 1 saturated heterocycles. The number of fused-ring (bicyclic) bond motifs is 1. The fraction of sp³-hybridized carbons (Fsp3) is 0.318. The fourth-order valence-electron chi connectivity index (χ4n) is 3.90. The monoisotopic (exact) mass is 505 g/mol. The Kier molecular flexibility index (Phi) is 6.27. The first-order chi connectivity index (χ1) is 15.2. The topological polar surface area (TPSA) is 108 Å². The first-order valence-corrected chi connectivity index (χ1v) is 10.8. The van der Waals surface area contributed by atoms with E-state index >= 15 is 0 Å². The summed E-state index contributed by atoms with van der Waals surface area (Å²) in [5.41, 5.74) is 2.79. The molecule has 0 radical (unpaired) electrons. The van der Waals surface area contributed by atoms with E-state index in [2.05, 4.69) is 26.6 Å². The maximum absolute atomic E-state index is 14.0. The Morgan fingerprint density at radius 3 is 2.88 bits per heavy atom. The summed E-state index contributed by atoms with van der Waals surface area (Å²) in [5, 5.41) is 15.4. The molecule has 3 amide bonds. The zero-order valence-corrected chi connectivity index (χ0v) is 18.7. The molecular weight excluding hydrogens is 485 g/mol. The smallest absolute Gasteiger partial charge is 0.412 e. The fourth-order valence-corrected chi connectivity index (χ4v) is 4.24. The van der Waals surface area contributed by atoms with Crippen LogP contribution < -0.4 is 10.6 Å². The van der Waals surface area contributed by atoms with Gasteiger partial charge in [-0.2, -0.15) is 0 Å². The minimum atomic E-state index is -1.01. The molecule has 0 aromatic heterocycles. The molecule has 2 unspecified atom stereocenters. The minimum Gasteiger partial charge on any atom is -0.444 e. The molecule has 2 aromatic carbocycles. The van der Waals surface area contributed by atoms with Crippen LogP contribution in [-0.2, 0) is 27.5 Å². The zero-order chi connectivity index (χ0) is 23.0. The molecule has 0 aliphatic carbocycles. The molecule has 3 N–H and O–H groups in total. The van der Waals surface area contributed by atoms with E-state index in [9.17, 15) is 23.9 Å². The van der Waals surface area contributed by atoms with E-state index in [-0.39, 0.29) is 24.6 Å². The van der Waals surface area contributed by atoms with Gasteiger partial charge in [-0.05, 0) is 48.2 Å². The predicted octanol–water partition coefficient (Wildman–Crippen LogP) is 3.26. The SMILES string of the molecule is Cc1cc(F)c(NC(=O)OCc2ccc3c(c2)C(O)N(C2CCC(=O)NC2=O)C3)cc1Br. The summed E-state index contributed by atoms with van der Waals surface area (Å²) in [4.78, 5) is 37.3. The van der Waals surface area contributed by atoms with E-state index in [1.165, 1.54) is 12.1 Å². The molecule has 168 valence electrons. The van der Waals surface area contributed by atoms with Crippen LogP contribution in [0.15, 0.2) is 34.8 Å². The molecule has 2 aromatic rings. The summed E-state index contributed by atoms with van der Waals surface area (Å²) in [6.45, 7) is 2.02. The molecular formula is C22H21BrFN3O5. The van der Waals surface area contributed by atoms with Gasteiger partial charge in [0.25, 0.3) is 0 Å². The number of rotatable bonds is 4. The quantitative estimate of drug-likeness (QED) is 0.550. The highest BCUT2D eigenvalue weighted by Gasteiger charge is 2.39. The van der Waals surface area contributed by atoms with E-state index in [0.29, 0.717) is 34.1 Å². The van der Waals surface area contributed by atoms with E-state index in [0.717, 1.165) is 5.56 Å². The standard InChI is InChI=1S/C22H21BrFN3O5/c1-11-6-16(24)17(8-15(11)23)25-22(31)32-10-12-2-3-13-9-27(21(30)14(13)7-12)18-4-5-19(28)26-20(18)29/h2-3,6-8,18,21,30H,4-5,9-10H2,1H3,(H,25,31)(H,26,28,29). The van der Waals surface area contributed by atoms with Crippen molar-refractivity contribution in [3.63, 3.8) is 0 Å². The van der Waals surface area contributed by atoms with Crippen molar-refractivity contribution < 1.29 is 28.6 Å². The van der Waals surface area contributed by atoms with Gasteiger partial charge in [0, 0.05) is 23.0 Å². The van der Waals surface area contributed by atoms with Gasteiger partial charge in [0.15, 0.2) is 0 Å². The van der Waals surface area contributed by atoms with Crippen LogP contribution in [0.1, 0.15) is 41.3 Å². The Bertz CT molecular complexity index is 1110. The number of nitrogens with zero attached hydrogens (tertiary/aromatic N) is 1. The Balaban J connectivity index is 1.39. The summed E-state index contributed by atoms with van der Waals surface area (Å²) in [5.74, 6) is -1.30. The summed E-state index contributed by atoms with van der Waals surface area (Å²) in [6, 6.07) is 7.44. The van der Waals surface area contributed by atoms with Crippen molar-refractivity contribution in [2.45, 2.75) is 45.2 Å². The lowest BCUT2D eigenvalue weighted by molar-refractivity contribution is -0.141. The molecule has 2 aliphatic heterocycles. The third-order valence-electron chi connectivity index (χ3n) is 5.62. The second kappa shape index (κ2) is 8.97. The first kappa shape index (κ1) is 22.4. The number of benzene rings is 2. The molecule has 1 fully saturated rings. The number of imide groups is 1. The average Bonchev–Trinajstić information content (AvgIpc) is 3.06. The van der Waals surface area contributed by atoms with Crippen LogP contribution in [0.4, 0.5) is 14.9 Å². The number of aryl methyl sites for hydroxylation is 1. The van der Waals surface area contributed by atoms with Crippen molar-refractivity contribution in [3.05, 3.63) is 62.9 Å². The number of aliphatic hydroxyl groups excluding tert-OH is 1. The van der Waals surface area contributed by atoms with Crippen LogP contribution in [0.3, 0.4) is 0 Å². The van der Waals surface area contributed by atoms with Gasteiger partial charge in [-0.15, -0.1) is 0 Å². The van der Waals surface area contributed by atoms with Gasteiger partial charge in [0.05, 0.1) is 11.7 Å². The lowest BCUT2D eigenvalue weighted by Gasteiger charge is -2.31. The van der Waals surface area contributed by atoms with Crippen molar-refractivity contribution >= 4 is 39.5 Å². The molecule has 8 nitrogen and oxygen atoms in total. The third kappa shape index (κ3) is 4.52. The number of carbonyl (C=O) groups excluding carboxylic acids is 3. The van der Waals surface area contributed by atoms with Gasteiger partial charge >= 0.3 is 6.09 Å². The summed E-state index contributed by atoms with van der Waals surface area (Å²) in [6.07, 6.45) is -1.26. The minimum absolute atomic E-state index is 0.00303. The van der Waals surface area contributed by atoms with Gasteiger partial charge in [0.1, 0.15) is 18.7 Å². The third-order valence-corrected chi connectivity index (χ3v) is 6.48.